The molecule has 0 saturated heterocycles. The van der Waals surface area contributed by atoms with E-state index in [1.54, 1.807) is 6.20 Å². The standard InChI is InChI=1S/C18H26BrN3O/c1-16-4-12-5-17(2,9-16)11-18(6-12,10-16)15(23)20-8-14-13(19)7-21-22(14)3/h7,12H,4-6,8-11H2,1-3H3,(H,20,23)/t12?,16-,17+,18?. The fourth-order valence-corrected chi connectivity index (χ4v) is 7.18. The fourth-order valence-electron chi connectivity index (χ4n) is 6.69. The molecule has 0 aliphatic heterocycles. The first-order valence-corrected chi connectivity index (χ1v) is 9.47. The van der Waals surface area contributed by atoms with Gasteiger partial charge in [0.1, 0.15) is 0 Å². The number of nitrogens with one attached hydrogen (secondary N) is 1. The van der Waals surface area contributed by atoms with E-state index in [0.717, 1.165) is 35.3 Å². The van der Waals surface area contributed by atoms with Crippen LogP contribution in [0.2, 0.25) is 0 Å². The molecule has 5 heteroatoms. The second kappa shape index (κ2) is 4.84. The molecule has 1 aromatic rings. The van der Waals surface area contributed by atoms with Crippen LogP contribution >= 0.6 is 15.9 Å². The zero-order valence-electron chi connectivity index (χ0n) is 14.3. The lowest BCUT2D eigenvalue weighted by molar-refractivity contribution is -0.170. The highest BCUT2D eigenvalue weighted by molar-refractivity contribution is 9.10. The summed E-state index contributed by atoms with van der Waals surface area (Å²) in [5.41, 5.74) is 1.64. The molecule has 4 bridgehead atoms. The monoisotopic (exact) mass is 379 g/mol. The predicted octanol–water partition coefficient (Wildman–Crippen LogP) is 3.80. The molecule has 126 valence electrons. The van der Waals surface area contributed by atoms with Crippen LogP contribution < -0.4 is 5.32 Å². The average molecular weight is 380 g/mol. The van der Waals surface area contributed by atoms with Gasteiger partial charge in [-0.25, -0.2) is 0 Å². The summed E-state index contributed by atoms with van der Waals surface area (Å²) in [6.45, 7) is 5.38. The van der Waals surface area contributed by atoms with Gasteiger partial charge in [-0.1, -0.05) is 13.8 Å². The first-order valence-electron chi connectivity index (χ1n) is 8.67. The molecule has 0 aromatic carbocycles. The van der Waals surface area contributed by atoms with E-state index >= 15 is 0 Å². The second-order valence-corrected chi connectivity index (χ2v) is 10.0. The van der Waals surface area contributed by atoms with Gasteiger partial charge in [-0.15, -0.1) is 0 Å². The van der Waals surface area contributed by atoms with E-state index in [0.29, 0.717) is 17.4 Å². The van der Waals surface area contributed by atoms with Gasteiger partial charge in [-0.2, -0.15) is 5.10 Å². The van der Waals surface area contributed by atoms with Crippen molar-refractivity contribution in [3.63, 3.8) is 0 Å². The van der Waals surface area contributed by atoms with Gasteiger partial charge >= 0.3 is 0 Å². The summed E-state index contributed by atoms with van der Waals surface area (Å²) in [6.07, 6.45) is 8.98. The third kappa shape index (κ3) is 2.46. The maximum atomic E-state index is 13.1. The van der Waals surface area contributed by atoms with Gasteiger partial charge in [0.2, 0.25) is 5.91 Å². The fraction of sp³-hybridized carbons (Fsp3) is 0.778. The first kappa shape index (κ1) is 15.7. The number of nitrogens with zero attached hydrogens (tertiary/aromatic N) is 2. The van der Waals surface area contributed by atoms with Gasteiger partial charge in [0.25, 0.3) is 0 Å². The number of hydrogen-bond acceptors (Lipinski definition) is 2. The van der Waals surface area contributed by atoms with Gasteiger partial charge in [0, 0.05) is 7.05 Å². The highest BCUT2D eigenvalue weighted by atomic mass is 79.9. The lowest BCUT2D eigenvalue weighted by atomic mass is 9.40. The Kier molecular flexibility index (Phi) is 3.30. The first-order chi connectivity index (χ1) is 10.7. The smallest absolute Gasteiger partial charge is 0.226 e. The van der Waals surface area contributed by atoms with Crippen LogP contribution in [0.4, 0.5) is 0 Å². The van der Waals surface area contributed by atoms with Gasteiger partial charge in [0.05, 0.1) is 28.3 Å². The number of carbonyl (C=O) groups is 1. The summed E-state index contributed by atoms with van der Waals surface area (Å²) in [5.74, 6) is 1.02. The molecule has 1 N–H and O–H groups in total. The van der Waals surface area contributed by atoms with E-state index in [4.69, 9.17) is 0 Å². The summed E-state index contributed by atoms with van der Waals surface area (Å²) in [6, 6.07) is 0. The second-order valence-electron chi connectivity index (χ2n) is 9.16. The van der Waals surface area contributed by atoms with Crippen molar-refractivity contribution < 1.29 is 4.79 Å². The molecular formula is C18H26BrN3O. The summed E-state index contributed by atoms with van der Waals surface area (Å²) in [4.78, 5) is 13.1. The molecule has 5 rings (SSSR count). The minimum Gasteiger partial charge on any atom is -0.350 e. The topological polar surface area (TPSA) is 46.9 Å². The van der Waals surface area contributed by atoms with Crippen molar-refractivity contribution in [1.82, 2.24) is 15.1 Å². The Morgan fingerprint density at radius 3 is 2.48 bits per heavy atom. The number of aryl methyl sites for hydroxylation is 1. The van der Waals surface area contributed by atoms with Crippen LogP contribution in [0.5, 0.6) is 0 Å². The third-order valence-electron chi connectivity index (χ3n) is 6.53. The summed E-state index contributed by atoms with van der Waals surface area (Å²) < 4.78 is 2.79. The number of aromatic nitrogens is 2. The Bertz CT molecular complexity index is 630. The SMILES string of the molecule is Cn1ncc(Br)c1CNC(=O)C12CC3C[C@@](C)(C1)C[C@](C)(C3)C2. The molecule has 0 spiro atoms. The molecule has 1 aromatic heterocycles. The molecular weight excluding hydrogens is 354 g/mol. The molecule has 4 aliphatic rings. The molecule has 0 radical (unpaired) electrons. The average Bonchev–Trinajstić information content (AvgIpc) is 2.71. The van der Waals surface area contributed by atoms with Crippen LogP contribution in [0.1, 0.15) is 58.1 Å². The van der Waals surface area contributed by atoms with Crippen LogP contribution in [-0.2, 0) is 18.4 Å². The van der Waals surface area contributed by atoms with Crippen molar-refractivity contribution in [1.29, 1.82) is 0 Å². The normalized spacial score (nSPS) is 41.3. The Hall–Kier alpha value is -0.840. The van der Waals surface area contributed by atoms with E-state index in [2.05, 4.69) is 40.2 Å². The quantitative estimate of drug-likeness (QED) is 0.867. The van der Waals surface area contributed by atoms with E-state index < -0.39 is 0 Å². The predicted molar refractivity (Wildman–Crippen MR) is 92.6 cm³/mol. The van der Waals surface area contributed by atoms with Crippen LogP contribution in [0.15, 0.2) is 10.7 Å². The highest BCUT2D eigenvalue weighted by Gasteiger charge is 2.62. The van der Waals surface area contributed by atoms with Gasteiger partial charge in [-0.05, 0) is 71.2 Å². The Balaban J connectivity index is 1.54. The Morgan fingerprint density at radius 2 is 1.96 bits per heavy atom. The van der Waals surface area contributed by atoms with Crippen molar-refractivity contribution >= 4 is 21.8 Å². The molecule has 4 aliphatic carbocycles. The molecule has 1 amide bonds. The summed E-state index contributed by atoms with van der Waals surface area (Å²) in [5, 5.41) is 7.46. The van der Waals surface area contributed by atoms with Crippen molar-refractivity contribution in [2.45, 2.75) is 58.9 Å². The summed E-state index contributed by atoms with van der Waals surface area (Å²) >= 11 is 3.51. The van der Waals surface area contributed by atoms with Crippen LogP contribution in [0.3, 0.4) is 0 Å². The number of halogens is 1. The minimum atomic E-state index is -0.131. The molecule has 23 heavy (non-hydrogen) atoms. The van der Waals surface area contributed by atoms with E-state index in [1.807, 2.05) is 11.7 Å². The maximum Gasteiger partial charge on any atom is 0.226 e. The molecule has 2 unspecified atom stereocenters. The van der Waals surface area contributed by atoms with Crippen LogP contribution in [0, 0.1) is 22.2 Å². The lowest BCUT2D eigenvalue weighted by Crippen LogP contribution is -2.59. The Labute approximate surface area is 146 Å². The number of rotatable bonds is 3. The van der Waals surface area contributed by atoms with Crippen molar-refractivity contribution in [2.75, 3.05) is 0 Å². The lowest BCUT2D eigenvalue weighted by Gasteiger charge is -2.64. The van der Waals surface area contributed by atoms with Gasteiger partial charge in [-0.3, -0.25) is 9.48 Å². The number of hydrogen-bond donors (Lipinski definition) is 1. The van der Waals surface area contributed by atoms with Crippen LogP contribution in [-0.4, -0.2) is 15.7 Å². The molecule has 4 nitrogen and oxygen atoms in total. The van der Waals surface area contributed by atoms with Crippen molar-refractivity contribution in [2.24, 2.45) is 29.2 Å². The third-order valence-corrected chi connectivity index (χ3v) is 7.20. The number of carbonyl (C=O) groups excluding carboxylic acids is 1. The maximum absolute atomic E-state index is 13.1. The highest BCUT2D eigenvalue weighted by Crippen LogP contribution is 2.69. The van der Waals surface area contributed by atoms with Gasteiger partial charge < -0.3 is 5.32 Å². The van der Waals surface area contributed by atoms with Crippen LogP contribution in [0.25, 0.3) is 0 Å². The molecule has 4 fully saturated rings. The van der Waals surface area contributed by atoms with E-state index in [-0.39, 0.29) is 11.3 Å². The van der Waals surface area contributed by atoms with E-state index in [1.165, 1.54) is 19.3 Å². The minimum absolute atomic E-state index is 0.131. The zero-order chi connectivity index (χ0) is 16.5. The molecule has 4 atom stereocenters. The van der Waals surface area contributed by atoms with Crippen molar-refractivity contribution in [3.05, 3.63) is 16.4 Å². The van der Waals surface area contributed by atoms with E-state index in [9.17, 15) is 4.79 Å². The number of amides is 1. The largest absolute Gasteiger partial charge is 0.350 e. The van der Waals surface area contributed by atoms with Gasteiger partial charge in [0.15, 0.2) is 0 Å². The summed E-state index contributed by atoms with van der Waals surface area (Å²) in [7, 11) is 1.92. The van der Waals surface area contributed by atoms with Crippen molar-refractivity contribution in [3.8, 4) is 0 Å². The molecule has 4 saturated carbocycles. The molecule has 1 heterocycles. The Morgan fingerprint density at radius 1 is 1.30 bits per heavy atom. The zero-order valence-corrected chi connectivity index (χ0v) is 15.9.